The molecule has 0 radical (unpaired) electrons. The van der Waals surface area contributed by atoms with Crippen molar-refractivity contribution in [2.45, 2.75) is 87.0 Å². The molecule has 1 amide bonds. The number of hydrogen-bond donors (Lipinski definition) is 2. The Bertz CT molecular complexity index is 1210. The number of benzene rings is 2. The van der Waals surface area contributed by atoms with Gasteiger partial charge < -0.3 is 19.8 Å². The van der Waals surface area contributed by atoms with Crippen LogP contribution in [0, 0.1) is 5.92 Å². The van der Waals surface area contributed by atoms with Crippen molar-refractivity contribution in [1.29, 1.82) is 0 Å². The second-order valence-electron chi connectivity index (χ2n) is 12.2. The number of nitrogens with zero attached hydrogens (tertiary/aromatic N) is 2. The third kappa shape index (κ3) is 3.41. The molecule has 7 rings (SSSR count). The second-order valence-corrected chi connectivity index (χ2v) is 12.2. The summed E-state index contributed by atoms with van der Waals surface area (Å²) >= 11 is 0. The molecular weight excluding hydrogens is 464 g/mol. The molecule has 2 heterocycles. The molecule has 1 saturated heterocycles. The van der Waals surface area contributed by atoms with Gasteiger partial charge in [0, 0.05) is 31.6 Å². The van der Waals surface area contributed by atoms with Crippen LogP contribution in [0.15, 0.2) is 42.5 Å². The van der Waals surface area contributed by atoms with Crippen molar-refractivity contribution in [3.05, 3.63) is 59.2 Å². The normalized spacial score (nSPS) is 33.5. The minimum absolute atomic E-state index is 0.0590. The first-order valence-electron chi connectivity index (χ1n) is 14.2. The van der Waals surface area contributed by atoms with Crippen molar-refractivity contribution in [3.8, 4) is 11.5 Å². The maximum absolute atomic E-state index is 13.4. The largest absolute Gasteiger partial charge is 0.504 e. The van der Waals surface area contributed by atoms with E-state index < -0.39 is 11.0 Å². The summed E-state index contributed by atoms with van der Waals surface area (Å²) in [5.41, 5.74) is 1.98. The number of phenolic OH excluding ortho intramolecular Hbond substituents is 1. The van der Waals surface area contributed by atoms with Crippen molar-refractivity contribution >= 4 is 5.91 Å². The van der Waals surface area contributed by atoms with Crippen LogP contribution in [0.4, 0.5) is 0 Å². The number of piperidine rings is 1. The number of aryl methyl sites for hydroxylation is 1. The number of aliphatic hydroxyl groups is 1. The van der Waals surface area contributed by atoms with Gasteiger partial charge in [0.2, 0.25) is 5.91 Å². The molecular formula is C31H38N2O4. The quantitative estimate of drug-likeness (QED) is 0.603. The second kappa shape index (κ2) is 8.47. The lowest BCUT2D eigenvalue weighted by Crippen LogP contribution is -2.78. The Labute approximate surface area is 219 Å². The molecule has 2 bridgehead atoms. The summed E-state index contributed by atoms with van der Waals surface area (Å²) in [5, 5.41) is 23.4. The van der Waals surface area contributed by atoms with E-state index in [1.54, 1.807) is 6.07 Å². The number of ether oxygens (including phenoxy) is 1. The number of likely N-dealkylation sites (tertiary alicyclic amines) is 1. The number of hydrogen-bond acceptors (Lipinski definition) is 5. The zero-order valence-corrected chi connectivity index (χ0v) is 21.7. The van der Waals surface area contributed by atoms with E-state index in [1.807, 2.05) is 36.2 Å². The van der Waals surface area contributed by atoms with E-state index in [4.69, 9.17) is 4.74 Å². The van der Waals surface area contributed by atoms with E-state index in [1.165, 1.54) is 24.0 Å². The Morgan fingerprint density at radius 3 is 2.73 bits per heavy atom. The summed E-state index contributed by atoms with van der Waals surface area (Å²) in [6, 6.07) is 14.0. The SMILES string of the molecule is CN(C(=O)CCCc1ccccc1)[C@H]1CC[C@@]2(O)[C@@H]3Cc4ccc(O)c5c4[C@@]2(CCN3CC2CC2)[C@H]1O5. The van der Waals surface area contributed by atoms with Gasteiger partial charge in [0.15, 0.2) is 11.5 Å². The third-order valence-corrected chi connectivity index (χ3v) is 10.3. The average Bonchev–Trinajstić information content (AvgIpc) is 3.64. The van der Waals surface area contributed by atoms with Crippen molar-refractivity contribution in [2.24, 2.45) is 5.92 Å². The van der Waals surface area contributed by atoms with Crippen LogP contribution in [0.5, 0.6) is 11.5 Å². The van der Waals surface area contributed by atoms with Gasteiger partial charge in [-0.2, -0.15) is 0 Å². The summed E-state index contributed by atoms with van der Waals surface area (Å²) in [6.45, 7) is 2.00. The fraction of sp³-hybridized carbons (Fsp3) is 0.581. The molecule has 3 aliphatic carbocycles. The van der Waals surface area contributed by atoms with Crippen LogP contribution in [0.3, 0.4) is 0 Å². The minimum Gasteiger partial charge on any atom is -0.504 e. The monoisotopic (exact) mass is 502 g/mol. The molecule has 6 heteroatoms. The molecule has 5 atom stereocenters. The van der Waals surface area contributed by atoms with Gasteiger partial charge in [-0.15, -0.1) is 0 Å². The van der Waals surface area contributed by atoms with E-state index in [0.717, 1.165) is 50.3 Å². The van der Waals surface area contributed by atoms with Gasteiger partial charge in [-0.1, -0.05) is 36.4 Å². The molecule has 6 nitrogen and oxygen atoms in total. The Morgan fingerprint density at radius 1 is 1.14 bits per heavy atom. The first-order valence-corrected chi connectivity index (χ1v) is 14.2. The predicted octanol–water partition coefficient (Wildman–Crippen LogP) is 3.81. The van der Waals surface area contributed by atoms with E-state index in [9.17, 15) is 15.0 Å². The summed E-state index contributed by atoms with van der Waals surface area (Å²) in [6.07, 6.45) is 7.39. The van der Waals surface area contributed by atoms with Crippen LogP contribution >= 0.6 is 0 Å². The zero-order valence-electron chi connectivity index (χ0n) is 21.7. The predicted molar refractivity (Wildman–Crippen MR) is 141 cm³/mol. The highest BCUT2D eigenvalue weighted by atomic mass is 16.5. The van der Waals surface area contributed by atoms with Gasteiger partial charge in [-0.25, -0.2) is 0 Å². The van der Waals surface area contributed by atoms with E-state index in [2.05, 4.69) is 17.0 Å². The van der Waals surface area contributed by atoms with Gasteiger partial charge in [0.1, 0.15) is 6.10 Å². The zero-order chi connectivity index (χ0) is 25.4. The minimum atomic E-state index is -0.912. The first-order chi connectivity index (χ1) is 17.9. The molecule has 2 N–H and O–H groups in total. The summed E-state index contributed by atoms with van der Waals surface area (Å²) in [4.78, 5) is 17.8. The molecule has 2 aliphatic heterocycles. The average molecular weight is 503 g/mol. The van der Waals surface area contributed by atoms with Crippen molar-refractivity contribution < 1.29 is 19.7 Å². The molecule has 5 aliphatic rings. The van der Waals surface area contributed by atoms with Crippen LogP contribution in [-0.4, -0.2) is 69.8 Å². The summed E-state index contributed by atoms with van der Waals surface area (Å²) in [7, 11) is 1.91. The smallest absolute Gasteiger partial charge is 0.222 e. The number of aromatic hydroxyl groups is 1. The lowest BCUT2D eigenvalue weighted by molar-refractivity contribution is -0.200. The Kier molecular flexibility index (Phi) is 5.39. The Hall–Kier alpha value is -2.57. The third-order valence-electron chi connectivity index (χ3n) is 10.3. The maximum atomic E-state index is 13.4. The number of rotatable bonds is 7. The number of carbonyl (C=O) groups is 1. The highest BCUT2D eigenvalue weighted by Gasteiger charge is 2.73. The van der Waals surface area contributed by atoms with Crippen molar-refractivity contribution in [3.63, 3.8) is 0 Å². The highest BCUT2D eigenvalue weighted by molar-refractivity contribution is 5.76. The molecule has 196 valence electrons. The van der Waals surface area contributed by atoms with E-state index in [-0.39, 0.29) is 29.8 Å². The van der Waals surface area contributed by atoms with Crippen LogP contribution in [0.2, 0.25) is 0 Å². The maximum Gasteiger partial charge on any atom is 0.222 e. The Morgan fingerprint density at radius 2 is 1.95 bits per heavy atom. The van der Waals surface area contributed by atoms with Crippen LogP contribution in [0.25, 0.3) is 0 Å². The molecule has 2 aromatic rings. The van der Waals surface area contributed by atoms with Gasteiger partial charge >= 0.3 is 0 Å². The molecule has 0 unspecified atom stereocenters. The standard InChI is InChI=1S/C31H38N2O4/c1-32(26(35)9-5-8-20-6-3-2-4-7-20)23-14-15-31(36)25-18-22-12-13-24(34)28-27(22)30(31,29(23)37-28)16-17-33(25)19-21-10-11-21/h2-4,6-7,12-13,21,23,25,29,34,36H,5,8-11,14-19H2,1H3/t23-,25-,29-,30-,31+/m0/s1. The van der Waals surface area contributed by atoms with E-state index >= 15 is 0 Å². The lowest BCUT2D eigenvalue weighted by Gasteiger charge is -2.64. The molecule has 0 aromatic heterocycles. The molecule has 37 heavy (non-hydrogen) atoms. The van der Waals surface area contributed by atoms with Gasteiger partial charge in [0.25, 0.3) is 0 Å². The van der Waals surface area contributed by atoms with E-state index in [0.29, 0.717) is 25.0 Å². The molecule has 3 fully saturated rings. The number of amides is 1. The topological polar surface area (TPSA) is 73.2 Å². The van der Waals surface area contributed by atoms with Gasteiger partial charge in [0.05, 0.1) is 17.1 Å². The molecule has 1 spiro atoms. The van der Waals surface area contributed by atoms with Crippen LogP contribution in [-0.2, 0) is 23.1 Å². The first kappa shape index (κ1) is 23.5. The molecule has 2 aromatic carbocycles. The Balaban J connectivity index is 1.18. The van der Waals surface area contributed by atoms with Crippen LogP contribution < -0.4 is 4.74 Å². The van der Waals surface area contributed by atoms with Crippen molar-refractivity contribution in [2.75, 3.05) is 20.1 Å². The fourth-order valence-electron chi connectivity index (χ4n) is 8.30. The number of carbonyl (C=O) groups excluding carboxylic acids is 1. The molecule has 2 saturated carbocycles. The van der Waals surface area contributed by atoms with Crippen LogP contribution in [0.1, 0.15) is 61.6 Å². The summed E-state index contributed by atoms with van der Waals surface area (Å²) < 4.78 is 6.64. The highest BCUT2D eigenvalue weighted by Crippen LogP contribution is 2.66. The number of phenols is 1. The summed E-state index contributed by atoms with van der Waals surface area (Å²) in [5.74, 6) is 1.59. The fourth-order valence-corrected chi connectivity index (χ4v) is 8.30. The lowest BCUT2D eigenvalue weighted by atomic mass is 9.48. The van der Waals surface area contributed by atoms with Gasteiger partial charge in [-0.3, -0.25) is 9.69 Å². The van der Waals surface area contributed by atoms with Crippen molar-refractivity contribution in [1.82, 2.24) is 9.80 Å². The van der Waals surface area contributed by atoms with Gasteiger partial charge in [-0.05, 0) is 81.0 Å². The number of likely N-dealkylation sites (N-methyl/N-ethyl adjacent to an activating group) is 1.